The molecule has 0 atom stereocenters. The van der Waals surface area contributed by atoms with Crippen LogP contribution in [0.4, 0.5) is 10.6 Å². The maximum Gasteiger partial charge on any atom is 0.407 e. The van der Waals surface area contributed by atoms with E-state index in [0.717, 1.165) is 6.26 Å². The molecule has 130 valence electrons. The second-order valence-electron chi connectivity index (χ2n) is 5.83. The molecule has 0 unspecified atom stereocenters. The van der Waals surface area contributed by atoms with Crippen molar-refractivity contribution in [2.75, 3.05) is 24.1 Å². The van der Waals surface area contributed by atoms with Gasteiger partial charge in [0.2, 0.25) is 10.0 Å². The molecule has 9 nitrogen and oxygen atoms in total. The lowest BCUT2D eigenvalue weighted by Crippen LogP contribution is -2.36. The number of hydrogen-bond acceptors (Lipinski definition) is 7. The summed E-state index contributed by atoms with van der Waals surface area (Å²) in [5, 5.41) is 5.65. The number of anilines is 1. The van der Waals surface area contributed by atoms with E-state index < -0.39 is 21.7 Å². The van der Waals surface area contributed by atoms with Gasteiger partial charge in [-0.2, -0.15) is 0 Å². The van der Waals surface area contributed by atoms with Crippen molar-refractivity contribution in [3.8, 4) is 0 Å². The maximum atomic E-state index is 11.4. The molecule has 0 saturated heterocycles. The molecule has 23 heavy (non-hydrogen) atoms. The third-order valence-electron chi connectivity index (χ3n) is 2.32. The van der Waals surface area contributed by atoms with Crippen LogP contribution >= 0.6 is 0 Å². The predicted molar refractivity (Wildman–Crippen MR) is 86.4 cm³/mol. The van der Waals surface area contributed by atoms with Gasteiger partial charge in [0.25, 0.3) is 0 Å². The Labute approximate surface area is 136 Å². The largest absolute Gasteiger partial charge is 0.444 e. The van der Waals surface area contributed by atoms with Crippen molar-refractivity contribution in [3.63, 3.8) is 0 Å². The van der Waals surface area contributed by atoms with Crippen LogP contribution in [0.5, 0.6) is 0 Å². The molecule has 10 heteroatoms. The number of alkyl carbamates (subject to hydrolysis) is 1. The smallest absolute Gasteiger partial charge is 0.407 e. The fraction of sp³-hybridized carbons (Fsp3) is 0.615. The molecule has 1 amide bonds. The van der Waals surface area contributed by atoms with E-state index in [2.05, 4.69) is 25.3 Å². The number of carbonyl (C=O) groups excluding carboxylic acids is 1. The van der Waals surface area contributed by atoms with Gasteiger partial charge in [0.05, 0.1) is 11.9 Å². The van der Waals surface area contributed by atoms with E-state index in [1.54, 1.807) is 20.8 Å². The van der Waals surface area contributed by atoms with Crippen LogP contribution in [-0.4, -0.2) is 49.4 Å². The third kappa shape index (κ3) is 8.94. The summed E-state index contributed by atoms with van der Waals surface area (Å²) in [6, 6.07) is 0. The number of sulfonamides is 1. The lowest BCUT2D eigenvalue weighted by Gasteiger charge is -2.19. The predicted octanol–water partition coefficient (Wildman–Crippen LogP) is 0.462. The van der Waals surface area contributed by atoms with Crippen molar-refractivity contribution in [1.29, 1.82) is 0 Å². The van der Waals surface area contributed by atoms with Gasteiger partial charge in [-0.1, -0.05) is 0 Å². The number of amides is 1. The van der Waals surface area contributed by atoms with Crippen molar-refractivity contribution in [2.45, 2.75) is 32.9 Å². The van der Waals surface area contributed by atoms with Gasteiger partial charge in [0.1, 0.15) is 5.60 Å². The fourth-order valence-corrected chi connectivity index (χ4v) is 2.05. The standard InChI is InChI=1S/C13H23N5O4S/c1-13(2,3)22-12(19)17-6-5-14-9-10-11(16-8-7-15-10)18-23(4,20)21/h7-8,14H,5-6,9H2,1-4H3,(H,16,18)(H,17,19). The maximum absolute atomic E-state index is 11.4. The number of nitrogens with zero attached hydrogens (tertiary/aromatic N) is 2. The van der Waals surface area contributed by atoms with E-state index in [9.17, 15) is 13.2 Å². The SMILES string of the molecule is CC(C)(C)OC(=O)NCCNCc1nccnc1NS(C)(=O)=O. The van der Waals surface area contributed by atoms with E-state index in [-0.39, 0.29) is 5.82 Å². The molecular formula is C13H23N5O4S. The summed E-state index contributed by atoms with van der Waals surface area (Å²) < 4.78 is 29.9. The molecule has 0 fully saturated rings. The van der Waals surface area contributed by atoms with E-state index in [0.29, 0.717) is 25.3 Å². The highest BCUT2D eigenvalue weighted by Crippen LogP contribution is 2.09. The number of carbonyl (C=O) groups is 1. The Hall–Kier alpha value is -1.94. The lowest BCUT2D eigenvalue weighted by atomic mass is 10.2. The summed E-state index contributed by atoms with van der Waals surface area (Å²) in [7, 11) is -3.42. The molecule has 0 aliphatic heterocycles. The van der Waals surface area contributed by atoms with Gasteiger partial charge in [-0.15, -0.1) is 0 Å². The lowest BCUT2D eigenvalue weighted by molar-refractivity contribution is 0.0528. The number of nitrogens with one attached hydrogen (secondary N) is 3. The monoisotopic (exact) mass is 345 g/mol. The van der Waals surface area contributed by atoms with Crippen LogP contribution in [0.25, 0.3) is 0 Å². The minimum atomic E-state index is -3.42. The molecule has 1 aromatic rings. The average molecular weight is 345 g/mol. The molecule has 0 bridgehead atoms. The van der Waals surface area contributed by atoms with Gasteiger partial charge in [-0.25, -0.2) is 18.2 Å². The summed E-state index contributed by atoms with van der Waals surface area (Å²) in [4.78, 5) is 19.5. The number of ether oxygens (including phenoxy) is 1. The second-order valence-corrected chi connectivity index (χ2v) is 7.58. The number of hydrogen-bond donors (Lipinski definition) is 3. The Morgan fingerprint density at radius 3 is 2.48 bits per heavy atom. The molecule has 0 aliphatic carbocycles. The quantitative estimate of drug-likeness (QED) is 0.614. The van der Waals surface area contributed by atoms with Gasteiger partial charge in [-0.3, -0.25) is 9.71 Å². The van der Waals surface area contributed by atoms with Crippen molar-refractivity contribution in [3.05, 3.63) is 18.1 Å². The van der Waals surface area contributed by atoms with Crippen LogP contribution < -0.4 is 15.4 Å². The highest BCUT2D eigenvalue weighted by Gasteiger charge is 2.15. The highest BCUT2D eigenvalue weighted by atomic mass is 32.2. The highest BCUT2D eigenvalue weighted by molar-refractivity contribution is 7.92. The minimum Gasteiger partial charge on any atom is -0.444 e. The summed E-state index contributed by atoms with van der Waals surface area (Å²) in [6.45, 7) is 6.50. The molecule has 1 heterocycles. The Balaban J connectivity index is 2.38. The Morgan fingerprint density at radius 1 is 1.22 bits per heavy atom. The van der Waals surface area contributed by atoms with Crippen LogP contribution in [0.2, 0.25) is 0 Å². The van der Waals surface area contributed by atoms with Gasteiger partial charge in [0.15, 0.2) is 5.82 Å². The van der Waals surface area contributed by atoms with Crippen LogP contribution in [-0.2, 0) is 21.3 Å². The van der Waals surface area contributed by atoms with Gasteiger partial charge >= 0.3 is 6.09 Å². The summed E-state index contributed by atoms with van der Waals surface area (Å²) in [5.74, 6) is 0.183. The van der Waals surface area contributed by atoms with Gasteiger partial charge in [0, 0.05) is 32.0 Å². The zero-order valence-corrected chi connectivity index (χ0v) is 14.5. The van der Waals surface area contributed by atoms with Crippen molar-refractivity contribution < 1.29 is 17.9 Å². The second kappa shape index (κ2) is 8.06. The average Bonchev–Trinajstić information content (AvgIpc) is 2.36. The van der Waals surface area contributed by atoms with Crippen LogP contribution in [0.3, 0.4) is 0 Å². The minimum absolute atomic E-state index is 0.183. The van der Waals surface area contributed by atoms with Crippen molar-refractivity contribution >= 4 is 21.9 Å². The van der Waals surface area contributed by atoms with Crippen LogP contribution in [0.1, 0.15) is 26.5 Å². The first-order valence-electron chi connectivity index (χ1n) is 7.02. The topological polar surface area (TPSA) is 122 Å². The molecule has 0 saturated carbocycles. The summed E-state index contributed by atoms with van der Waals surface area (Å²) in [5.41, 5.74) is -0.0706. The molecule has 0 spiro atoms. The van der Waals surface area contributed by atoms with E-state index in [1.165, 1.54) is 12.4 Å². The molecular weight excluding hydrogens is 322 g/mol. The first-order chi connectivity index (χ1) is 10.6. The molecule has 0 radical (unpaired) electrons. The Morgan fingerprint density at radius 2 is 1.87 bits per heavy atom. The van der Waals surface area contributed by atoms with E-state index in [1.807, 2.05) is 0 Å². The molecule has 0 aliphatic rings. The van der Waals surface area contributed by atoms with E-state index in [4.69, 9.17) is 4.74 Å². The number of aromatic nitrogens is 2. The Kier molecular flexibility index (Phi) is 6.70. The zero-order chi connectivity index (χ0) is 17.5. The summed E-state index contributed by atoms with van der Waals surface area (Å²) >= 11 is 0. The van der Waals surface area contributed by atoms with Gasteiger partial charge < -0.3 is 15.4 Å². The first kappa shape index (κ1) is 19.1. The summed E-state index contributed by atoms with van der Waals surface area (Å²) in [6.07, 6.45) is 3.44. The number of rotatable bonds is 7. The molecule has 1 rings (SSSR count). The first-order valence-corrected chi connectivity index (χ1v) is 8.91. The van der Waals surface area contributed by atoms with Crippen molar-refractivity contribution in [2.24, 2.45) is 0 Å². The normalized spacial score (nSPS) is 11.8. The fourth-order valence-electron chi connectivity index (χ4n) is 1.53. The van der Waals surface area contributed by atoms with Gasteiger partial charge in [-0.05, 0) is 20.8 Å². The van der Waals surface area contributed by atoms with E-state index >= 15 is 0 Å². The third-order valence-corrected chi connectivity index (χ3v) is 2.88. The Bertz CT molecular complexity index is 627. The van der Waals surface area contributed by atoms with Crippen LogP contribution in [0, 0.1) is 0 Å². The molecule has 1 aromatic heterocycles. The molecule has 0 aromatic carbocycles. The zero-order valence-electron chi connectivity index (χ0n) is 13.7. The van der Waals surface area contributed by atoms with Crippen LogP contribution in [0.15, 0.2) is 12.4 Å². The molecule has 3 N–H and O–H groups in total. The van der Waals surface area contributed by atoms with Crippen molar-refractivity contribution in [1.82, 2.24) is 20.6 Å².